The van der Waals surface area contributed by atoms with Crippen molar-refractivity contribution in [3.8, 4) is 5.75 Å². The third kappa shape index (κ3) is 6.01. The fourth-order valence-electron chi connectivity index (χ4n) is 3.17. The highest BCUT2D eigenvalue weighted by atomic mass is 79.9. The van der Waals surface area contributed by atoms with E-state index < -0.39 is 0 Å². The first-order valence-electron chi connectivity index (χ1n) is 9.12. The van der Waals surface area contributed by atoms with Crippen LogP contribution in [0.3, 0.4) is 0 Å². The summed E-state index contributed by atoms with van der Waals surface area (Å²) in [6.45, 7) is 3.32. The molecular weight excluding hydrogens is 410 g/mol. The molecule has 2 aromatic rings. The summed E-state index contributed by atoms with van der Waals surface area (Å²) in [5, 5.41) is 0. The van der Waals surface area contributed by atoms with Gasteiger partial charge in [-0.15, -0.1) is 0 Å². The summed E-state index contributed by atoms with van der Waals surface area (Å²) in [6, 6.07) is 8.06. The van der Waals surface area contributed by atoms with E-state index in [0.29, 0.717) is 13.0 Å². The van der Waals surface area contributed by atoms with Gasteiger partial charge in [-0.2, -0.15) is 0 Å². The van der Waals surface area contributed by atoms with E-state index in [4.69, 9.17) is 9.47 Å². The number of piperidine rings is 1. The highest BCUT2D eigenvalue weighted by Crippen LogP contribution is 2.19. The van der Waals surface area contributed by atoms with Crippen molar-refractivity contribution in [1.29, 1.82) is 0 Å². The van der Waals surface area contributed by atoms with E-state index >= 15 is 0 Å². The second kappa shape index (κ2) is 9.80. The topological polar surface area (TPSA) is 64.5 Å². The Hall–Kier alpha value is -1.99. The Bertz CT molecular complexity index is 729. The molecule has 1 aromatic heterocycles. The quantitative estimate of drug-likeness (QED) is 0.625. The first-order chi connectivity index (χ1) is 13.1. The molecule has 144 valence electrons. The zero-order valence-electron chi connectivity index (χ0n) is 15.4. The minimum atomic E-state index is -0.0838. The predicted octanol–water partition coefficient (Wildman–Crippen LogP) is 3.09. The smallest absolute Gasteiger partial charge is 0.308 e. The van der Waals surface area contributed by atoms with Crippen LogP contribution in [0.5, 0.6) is 5.75 Å². The number of aromatic nitrogens is 2. The maximum atomic E-state index is 11.6. The van der Waals surface area contributed by atoms with E-state index in [1.165, 1.54) is 7.11 Å². The molecule has 0 unspecified atom stereocenters. The van der Waals surface area contributed by atoms with Crippen LogP contribution in [-0.4, -0.2) is 54.2 Å². The molecule has 2 heterocycles. The molecule has 7 heteroatoms. The van der Waals surface area contributed by atoms with Crippen LogP contribution < -0.4 is 4.74 Å². The van der Waals surface area contributed by atoms with E-state index in [1.54, 1.807) is 12.4 Å². The molecule has 0 spiro atoms. The number of ether oxygens (including phenoxy) is 2. The fraction of sp³-hybridized carbons (Fsp3) is 0.450. The molecule has 0 saturated carbocycles. The number of carbonyl (C=O) groups excluding carboxylic acids is 1. The Labute approximate surface area is 168 Å². The number of hydrogen-bond donors (Lipinski definition) is 0. The number of carbonyl (C=O) groups is 1. The van der Waals surface area contributed by atoms with Gasteiger partial charge in [-0.3, -0.25) is 9.69 Å². The van der Waals surface area contributed by atoms with E-state index in [-0.39, 0.29) is 11.9 Å². The molecule has 1 saturated heterocycles. The summed E-state index contributed by atoms with van der Waals surface area (Å²) < 4.78 is 11.6. The molecule has 27 heavy (non-hydrogen) atoms. The molecule has 0 bridgehead atoms. The van der Waals surface area contributed by atoms with Crippen LogP contribution in [0.25, 0.3) is 0 Å². The molecule has 1 aliphatic heterocycles. The standard InChI is InChI=1S/C20H24BrN3O3/c1-26-20(25)16-6-8-24(9-7-16)10-11-27-18-4-2-15(3-5-18)12-19-22-13-17(21)14-23-19/h2-5,13-14,16H,6-12H2,1H3. The Balaban J connectivity index is 1.39. The average Bonchev–Trinajstić information content (AvgIpc) is 2.71. The van der Waals surface area contributed by atoms with E-state index in [2.05, 4.69) is 30.8 Å². The van der Waals surface area contributed by atoms with Gasteiger partial charge < -0.3 is 9.47 Å². The lowest BCUT2D eigenvalue weighted by Crippen LogP contribution is -2.38. The lowest BCUT2D eigenvalue weighted by molar-refractivity contribution is -0.147. The maximum Gasteiger partial charge on any atom is 0.308 e. The summed E-state index contributed by atoms with van der Waals surface area (Å²) in [7, 11) is 1.46. The Morgan fingerprint density at radius 1 is 1.19 bits per heavy atom. The summed E-state index contributed by atoms with van der Waals surface area (Å²) in [5.41, 5.74) is 1.15. The summed E-state index contributed by atoms with van der Waals surface area (Å²) in [5.74, 6) is 1.62. The van der Waals surface area contributed by atoms with Crippen molar-refractivity contribution in [2.24, 2.45) is 5.92 Å². The van der Waals surface area contributed by atoms with E-state index in [9.17, 15) is 4.79 Å². The minimum absolute atomic E-state index is 0.0504. The van der Waals surface area contributed by atoms with Crippen molar-refractivity contribution in [3.05, 3.63) is 52.5 Å². The molecular formula is C20H24BrN3O3. The van der Waals surface area contributed by atoms with Crippen molar-refractivity contribution in [3.63, 3.8) is 0 Å². The normalized spacial score (nSPS) is 15.5. The molecule has 0 radical (unpaired) electrons. The first-order valence-corrected chi connectivity index (χ1v) is 9.91. The summed E-state index contributed by atoms with van der Waals surface area (Å²) in [6.07, 6.45) is 5.93. The van der Waals surface area contributed by atoms with Crippen molar-refractivity contribution < 1.29 is 14.3 Å². The molecule has 3 rings (SSSR count). The molecule has 6 nitrogen and oxygen atoms in total. The number of hydrogen-bond acceptors (Lipinski definition) is 6. The Morgan fingerprint density at radius 3 is 2.48 bits per heavy atom. The Morgan fingerprint density at radius 2 is 1.85 bits per heavy atom. The van der Waals surface area contributed by atoms with Crippen molar-refractivity contribution in [2.75, 3.05) is 33.4 Å². The number of esters is 1. The second-order valence-electron chi connectivity index (χ2n) is 6.63. The van der Waals surface area contributed by atoms with Crippen molar-refractivity contribution >= 4 is 21.9 Å². The van der Waals surface area contributed by atoms with Gasteiger partial charge in [0.05, 0.1) is 17.5 Å². The monoisotopic (exact) mass is 433 g/mol. The molecule has 0 N–H and O–H groups in total. The number of rotatable bonds is 7. The maximum absolute atomic E-state index is 11.6. The van der Waals surface area contributed by atoms with Gasteiger partial charge in [-0.05, 0) is 59.6 Å². The zero-order valence-corrected chi connectivity index (χ0v) is 17.0. The highest BCUT2D eigenvalue weighted by molar-refractivity contribution is 9.10. The molecule has 0 amide bonds. The molecule has 0 aliphatic carbocycles. The lowest BCUT2D eigenvalue weighted by atomic mass is 9.97. The summed E-state index contributed by atoms with van der Waals surface area (Å²) in [4.78, 5) is 22.5. The van der Waals surface area contributed by atoms with Crippen LogP contribution in [0.1, 0.15) is 24.2 Å². The minimum Gasteiger partial charge on any atom is -0.492 e. The van der Waals surface area contributed by atoms with Gasteiger partial charge in [0.25, 0.3) is 0 Å². The number of benzene rings is 1. The SMILES string of the molecule is COC(=O)C1CCN(CCOc2ccc(Cc3ncc(Br)cn3)cc2)CC1. The van der Waals surface area contributed by atoms with E-state index in [0.717, 1.165) is 54.1 Å². The molecule has 1 aliphatic rings. The van der Waals surface area contributed by atoms with Crippen LogP contribution in [0.15, 0.2) is 41.1 Å². The highest BCUT2D eigenvalue weighted by Gasteiger charge is 2.25. The van der Waals surface area contributed by atoms with Gasteiger partial charge in [0.2, 0.25) is 0 Å². The van der Waals surface area contributed by atoms with Crippen molar-refractivity contribution in [2.45, 2.75) is 19.3 Å². The van der Waals surface area contributed by atoms with Gasteiger partial charge in [0, 0.05) is 25.4 Å². The van der Waals surface area contributed by atoms with Crippen LogP contribution in [-0.2, 0) is 16.0 Å². The molecule has 1 fully saturated rings. The first kappa shape index (κ1) is 19.8. The Kier molecular flexibility index (Phi) is 7.18. The van der Waals surface area contributed by atoms with Crippen LogP contribution in [0.4, 0.5) is 0 Å². The van der Waals surface area contributed by atoms with Gasteiger partial charge in [-0.25, -0.2) is 9.97 Å². The van der Waals surface area contributed by atoms with E-state index in [1.807, 2.05) is 24.3 Å². The fourth-order valence-corrected chi connectivity index (χ4v) is 3.37. The van der Waals surface area contributed by atoms with Gasteiger partial charge >= 0.3 is 5.97 Å². The zero-order chi connectivity index (χ0) is 19.1. The lowest BCUT2D eigenvalue weighted by Gasteiger charge is -2.30. The number of methoxy groups -OCH3 is 1. The molecule has 0 atom stereocenters. The number of likely N-dealkylation sites (tertiary alicyclic amines) is 1. The largest absolute Gasteiger partial charge is 0.492 e. The van der Waals surface area contributed by atoms with Gasteiger partial charge in [0.1, 0.15) is 18.2 Å². The van der Waals surface area contributed by atoms with Crippen LogP contribution in [0, 0.1) is 5.92 Å². The third-order valence-electron chi connectivity index (χ3n) is 4.76. The third-order valence-corrected chi connectivity index (χ3v) is 5.17. The second-order valence-corrected chi connectivity index (χ2v) is 7.54. The number of halogens is 1. The molecule has 1 aromatic carbocycles. The van der Waals surface area contributed by atoms with Gasteiger partial charge in [0.15, 0.2) is 0 Å². The number of nitrogens with zero attached hydrogens (tertiary/aromatic N) is 3. The average molecular weight is 434 g/mol. The van der Waals surface area contributed by atoms with Crippen molar-refractivity contribution in [1.82, 2.24) is 14.9 Å². The van der Waals surface area contributed by atoms with Crippen LogP contribution in [0.2, 0.25) is 0 Å². The van der Waals surface area contributed by atoms with Gasteiger partial charge in [-0.1, -0.05) is 12.1 Å². The predicted molar refractivity (Wildman–Crippen MR) is 106 cm³/mol. The van der Waals surface area contributed by atoms with Crippen LogP contribution >= 0.6 is 15.9 Å². The summed E-state index contributed by atoms with van der Waals surface area (Å²) >= 11 is 3.34.